The number of hydrogen-bond acceptors (Lipinski definition) is 5. The molecule has 0 aliphatic carbocycles. The summed E-state index contributed by atoms with van der Waals surface area (Å²) in [6.07, 6.45) is 5.77. The van der Waals surface area contributed by atoms with E-state index >= 15 is 0 Å². The van der Waals surface area contributed by atoms with E-state index in [0.717, 1.165) is 23.2 Å². The van der Waals surface area contributed by atoms with Crippen molar-refractivity contribution in [3.05, 3.63) is 36.7 Å². The van der Waals surface area contributed by atoms with Gasteiger partial charge in [-0.05, 0) is 31.0 Å². The summed E-state index contributed by atoms with van der Waals surface area (Å²) in [5.74, 6) is 0.297. The van der Waals surface area contributed by atoms with Gasteiger partial charge in [0.1, 0.15) is 0 Å². The molecule has 0 radical (unpaired) electrons. The maximum absolute atomic E-state index is 5.42. The van der Waals surface area contributed by atoms with Crippen LogP contribution in [-0.4, -0.2) is 23.1 Å². The molecular weight excluding hydrogens is 286 g/mol. The lowest BCUT2D eigenvalue weighted by Gasteiger charge is -2.03. The number of benzene rings is 1. The molecule has 0 aliphatic heterocycles. The number of aromatic nitrogens is 2. The predicted molar refractivity (Wildman–Crippen MR) is 101 cm³/mol. The molecule has 5 nitrogen and oxygen atoms in total. The van der Waals surface area contributed by atoms with Crippen LogP contribution in [0.1, 0.15) is 40.5 Å². The number of hydrogen-bond donors (Lipinski definition) is 3. The fraction of sp³-hybridized carbons (Fsp3) is 0.444. The van der Waals surface area contributed by atoms with Crippen LogP contribution in [0.4, 0.5) is 11.6 Å². The molecule has 1 aromatic heterocycles. The van der Waals surface area contributed by atoms with E-state index < -0.39 is 0 Å². The van der Waals surface area contributed by atoms with Crippen molar-refractivity contribution in [1.29, 1.82) is 0 Å². The summed E-state index contributed by atoms with van der Waals surface area (Å²) >= 11 is 0. The summed E-state index contributed by atoms with van der Waals surface area (Å²) in [6, 6.07) is 8.42. The van der Waals surface area contributed by atoms with Crippen LogP contribution in [0.15, 0.2) is 36.7 Å². The third-order valence-corrected chi connectivity index (χ3v) is 2.82. The van der Waals surface area contributed by atoms with Crippen molar-refractivity contribution in [2.75, 3.05) is 18.1 Å². The second-order valence-electron chi connectivity index (χ2n) is 5.25. The average molecular weight is 317 g/mol. The number of anilines is 2. The summed E-state index contributed by atoms with van der Waals surface area (Å²) in [4.78, 5) is 7.90. The zero-order chi connectivity index (χ0) is 17.7. The molecule has 0 fully saturated rings. The topological polar surface area (TPSA) is 89.8 Å². The number of rotatable bonds is 3. The zero-order valence-corrected chi connectivity index (χ0v) is 15.0. The lowest BCUT2D eigenvalue weighted by atomic mass is 10.1. The Hall–Kier alpha value is -2.14. The Kier molecular flexibility index (Phi) is 11.3. The molecule has 0 saturated heterocycles. The first-order valence-electron chi connectivity index (χ1n) is 8.09. The quantitative estimate of drug-likeness (QED) is 0.798. The summed E-state index contributed by atoms with van der Waals surface area (Å²) in [5.41, 5.74) is 13.8. The van der Waals surface area contributed by atoms with Crippen LogP contribution in [0.3, 0.4) is 0 Å². The maximum Gasteiger partial charge on any atom is 0.219 e. The van der Waals surface area contributed by atoms with E-state index in [4.69, 9.17) is 11.5 Å². The van der Waals surface area contributed by atoms with Crippen LogP contribution in [0.25, 0.3) is 11.1 Å². The van der Waals surface area contributed by atoms with E-state index in [1.165, 1.54) is 6.42 Å². The van der Waals surface area contributed by atoms with E-state index in [9.17, 15) is 0 Å². The van der Waals surface area contributed by atoms with Crippen LogP contribution in [0.2, 0.25) is 0 Å². The summed E-state index contributed by atoms with van der Waals surface area (Å²) in [6.45, 7) is 8.32. The van der Waals surface area contributed by atoms with Gasteiger partial charge in [0.25, 0.3) is 0 Å². The van der Waals surface area contributed by atoms with Gasteiger partial charge in [-0.1, -0.05) is 39.3 Å². The summed E-state index contributed by atoms with van der Waals surface area (Å²) < 4.78 is 0. The Morgan fingerprint density at radius 1 is 1.00 bits per heavy atom. The van der Waals surface area contributed by atoms with Gasteiger partial charge < -0.3 is 16.8 Å². The minimum atomic E-state index is 0.297. The van der Waals surface area contributed by atoms with Gasteiger partial charge in [-0.2, -0.15) is 0 Å². The van der Waals surface area contributed by atoms with Gasteiger partial charge in [-0.15, -0.1) is 0 Å². The van der Waals surface area contributed by atoms with Crippen LogP contribution in [-0.2, 0) is 0 Å². The number of nitrogens with one attached hydrogen (secondary N) is 1. The summed E-state index contributed by atoms with van der Waals surface area (Å²) in [5, 5.41) is 3.06. The van der Waals surface area contributed by atoms with E-state index in [1.807, 2.05) is 38.2 Å². The van der Waals surface area contributed by atoms with Crippen molar-refractivity contribution in [2.45, 2.75) is 46.6 Å². The molecular formula is C18H31N5. The standard InChI is InChI=1S/C11H12N4.C4H11N.C3H8/c1-13-10-4-2-8(3-5-10)9-6-14-11(12)15-7-9;1-3-4(2)5;1-3-2/h2-7,13H,1H3,(H2,12,14,15);4H,3,5H2,1-2H3;3H2,1-2H3. The molecule has 23 heavy (non-hydrogen) atoms. The van der Waals surface area contributed by atoms with Crippen LogP contribution in [0.5, 0.6) is 0 Å². The van der Waals surface area contributed by atoms with Crippen LogP contribution in [0, 0.1) is 0 Å². The van der Waals surface area contributed by atoms with Gasteiger partial charge in [0.05, 0.1) is 0 Å². The zero-order valence-electron chi connectivity index (χ0n) is 15.0. The van der Waals surface area contributed by atoms with Crippen molar-refractivity contribution in [1.82, 2.24) is 9.97 Å². The van der Waals surface area contributed by atoms with Gasteiger partial charge in [0, 0.05) is 36.7 Å². The van der Waals surface area contributed by atoms with Crippen molar-refractivity contribution in [2.24, 2.45) is 5.73 Å². The molecule has 128 valence electrons. The smallest absolute Gasteiger partial charge is 0.219 e. The van der Waals surface area contributed by atoms with Gasteiger partial charge in [0.15, 0.2) is 0 Å². The number of nitrogens with zero attached hydrogens (tertiary/aromatic N) is 2. The second kappa shape index (κ2) is 12.4. The maximum atomic E-state index is 5.42. The predicted octanol–water partition coefficient (Wildman–Crippen LogP) is 3.93. The van der Waals surface area contributed by atoms with Crippen molar-refractivity contribution < 1.29 is 0 Å². The molecule has 0 amide bonds. The SMILES string of the molecule is CCC.CCC(C)N.CNc1ccc(-c2cnc(N)nc2)cc1. The first-order valence-corrected chi connectivity index (χ1v) is 8.09. The Bertz CT molecular complexity index is 506. The molecule has 0 bridgehead atoms. The van der Waals surface area contributed by atoms with Gasteiger partial charge in [-0.3, -0.25) is 0 Å². The highest BCUT2D eigenvalue weighted by Crippen LogP contribution is 2.19. The fourth-order valence-electron chi connectivity index (χ4n) is 1.32. The minimum Gasteiger partial charge on any atom is -0.388 e. The van der Waals surface area contributed by atoms with Gasteiger partial charge in [-0.25, -0.2) is 9.97 Å². The van der Waals surface area contributed by atoms with E-state index in [1.54, 1.807) is 12.4 Å². The van der Waals surface area contributed by atoms with E-state index in [0.29, 0.717) is 12.0 Å². The van der Waals surface area contributed by atoms with Crippen molar-refractivity contribution in [3.63, 3.8) is 0 Å². The van der Waals surface area contributed by atoms with E-state index in [2.05, 4.69) is 36.1 Å². The Balaban J connectivity index is 0.000000511. The van der Waals surface area contributed by atoms with Crippen molar-refractivity contribution in [3.8, 4) is 11.1 Å². The van der Waals surface area contributed by atoms with E-state index in [-0.39, 0.29) is 0 Å². The molecule has 1 aromatic carbocycles. The molecule has 1 atom stereocenters. The highest BCUT2D eigenvalue weighted by molar-refractivity contribution is 5.64. The third-order valence-electron chi connectivity index (χ3n) is 2.82. The third kappa shape index (κ3) is 9.47. The monoisotopic (exact) mass is 317 g/mol. The first kappa shape index (κ1) is 20.9. The van der Waals surface area contributed by atoms with Crippen LogP contribution < -0.4 is 16.8 Å². The summed E-state index contributed by atoms with van der Waals surface area (Å²) in [7, 11) is 1.89. The normalized spacial score (nSPS) is 10.5. The van der Waals surface area contributed by atoms with Gasteiger partial charge >= 0.3 is 0 Å². The minimum absolute atomic E-state index is 0.297. The molecule has 5 N–H and O–H groups in total. The molecule has 1 heterocycles. The molecule has 1 unspecified atom stereocenters. The lowest BCUT2D eigenvalue weighted by Crippen LogP contribution is -2.11. The molecule has 0 spiro atoms. The van der Waals surface area contributed by atoms with Crippen LogP contribution >= 0.6 is 0 Å². The molecule has 2 rings (SSSR count). The largest absolute Gasteiger partial charge is 0.388 e. The Morgan fingerprint density at radius 2 is 1.43 bits per heavy atom. The molecule has 5 heteroatoms. The first-order chi connectivity index (χ1) is 11.0. The van der Waals surface area contributed by atoms with Crippen molar-refractivity contribution >= 4 is 11.6 Å². The molecule has 2 aromatic rings. The number of nitrogen functional groups attached to an aromatic ring is 1. The highest BCUT2D eigenvalue weighted by atomic mass is 15.0. The molecule has 0 saturated carbocycles. The molecule has 0 aliphatic rings. The Labute approximate surface area is 140 Å². The highest BCUT2D eigenvalue weighted by Gasteiger charge is 1.98. The fourth-order valence-corrected chi connectivity index (χ4v) is 1.32. The average Bonchev–Trinajstić information content (AvgIpc) is 2.57. The second-order valence-corrected chi connectivity index (χ2v) is 5.25. The van der Waals surface area contributed by atoms with Gasteiger partial charge in [0.2, 0.25) is 5.95 Å². The number of nitrogens with two attached hydrogens (primary N) is 2. The lowest BCUT2D eigenvalue weighted by molar-refractivity contribution is 0.715. The Morgan fingerprint density at radius 3 is 1.78 bits per heavy atom.